The molecule has 0 fully saturated rings. The van der Waals surface area contributed by atoms with E-state index >= 15 is 0 Å². The fourth-order valence-electron chi connectivity index (χ4n) is 1.79. The van der Waals surface area contributed by atoms with Gasteiger partial charge in [-0.15, -0.1) is 0 Å². The van der Waals surface area contributed by atoms with Crippen molar-refractivity contribution in [2.45, 2.75) is 39.5 Å². The molecule has 0 bridgehead atoms. The predicted molar refractivity (Wildman–Crippen MR) is 64.3 cm³/mol. The third-order valence-electron chi connectivity index (χ3n) is 2.84. The van der Waals surface area contributed by atoms with Crippen molar-refractivity contribution >= 4 is 0 Å². The minimum Gasteiger partial charge on any atom is -0.507 e. The van der Waals surface area contributed by atoms with Gasteiger partial charge < -0.3 is 14.9 Å². The summed E-state index contributed by atoms with van der Waals surface area (Å²) in [5, 5.41) is 19.7. The first-order valence-corrected chi connectivity index (χ1v) is 5.70. The van der Waals surface area contributed by atoms with E-state index in [1.165, 1.54) is 7.11 Å². The fourth-order valence-corrected chi connectivity index (χ4v) is 1.79. The summed E-state index contributed by atoms with van der Waals surface area (Å²) in [4.78, 5) is 0. The Morgan fingerprint density at radius 3 is 2.50 bits per heavy atom. The molecule has 1 rings (SSSR count). The zero-order valence-corrected chi connectivity index (χ0v) is 10.2. The van der Waals surface area contributed by atoms with Gasteiger partial charge in [-0.1, -0.05) is 19.8 Å². The van der Waals surface area contributed by atoms with Crippen LogP contribution in [0.15, 0.2) is 6.07 Å². The Morgan fingerprint density at radius 2 is 1.94 bits per heavy atom. The molecule has 0 aliphatic heterocycles. The molecule has 1 aromatic rings. The van der Waals surface area contributed by atoms with Crippen LogP contribution in [0.5, 0.6) is 17.2 Å². The normalized spacial score (nSPS) is 10.4. The molecule has 0 heterocycles. The summed E-state index contributed by atoms with van der Waals surface area (Å²) in [7, 11) is 1.53. The molecular weight excluding hydrogens is 204 g/mol. The molecular formula is C13H20O3. The maximum Gasteiger partial charge on any atom is 0.129 e. The van der Waals surface area contributed by atoms with Crippen LogP contribution >= 0.6 is 0 Å². The minimum absolute atomic E-state index is 0.121. The first kappa shape index (κ1) is 12.7. The summed E-state index contributed by atoms with van der Waals surface area (Å²) in [6.07, 6.45) is 3.90. The van der Waals surface area contributed by atoms with Crippen molar-refractivity contribution in [3.8, 4) is 17.2 Å². The lowest BCUT2D eigenvalue weighted by molar-refractivity contribution is 0.388. The van der Waals surface area contributed by atoms with Crippen LogP contribution in [0.3, 0.4) is 0 Å². The molecule has 2 N–H and O–H groups in total. The molecule has 16 heavy (non-hydrogen) atoms. The molecule has 1 aromatic carbocycles. The summed E-state index contributed by atoms with van der Waals surface area (Å²) in [6.45, 7) is 3.91. The van der Waals surface area contributed by atoms with Crippen molar-refractivity contribution in [1.29, 1.82) is 0 Å². The van der Waals surface area contributed by atoms with Crippen molar-refractivity contribution in [3.05, 3.63) is 17.2 Å². The molecule has 0 amide bonds. The number of phenols is 2. The molecule has 90 valence electrons. The van der Waals surface area contributed by atoms with Crippen LogP contribution in [-0.4, -0.2) is 17.3 Å². The standard InChI is InChI=1S/C13H20O3/c1-4-5-6-7-10-11(14)8-12(16-3)9(2)13(10)15/h8,14-15H,4-7H2,1-3H3. The largest absolute Gasteiger partial charge is 0.507 e. The zero-order chi connectivity index (χ0) is 12.1. The van der Waals surface area contributed by atoms with Gasteiger partial charge in [0.05, 0.1) is 7.11 Å². The maximum atomic E-state index is 9.95. The van der Waals surface area contributed by atoms with E-state index in [-0.39, 0.29) is 11.5 Å². The topological polar surface area (TPSA) is 49.7 Å². The average Bonchev–Trinajstić information content (AvgIpc) is 2.28. The van der Waals surface area contributed by atoms with Crippen LogP contribution in [0.2, 0.25) is 0 Å². The van der Waals surface area contributed by atoms with Crippen molar-refractivity contribution in [2.24, 2.45) is 0 Å². The van der Waals surface area contributed by atoms with Crippen molar-refractivity contribution in [2.75, 3.05) is 7.11 Å². The highest BCUT2D eigenvalue weighted by Crippen LogP contribution is 2.37. The average molecular weight is 224 g/mol. The molecule has 0 aliphatic rings. The number of methoxy groups -OCH3 is 1. The van der Waals surface area contributed by atoms with E-state index in [0.29, 0.717) is 23.3 Å². The second kappa shape index (κ2) is 5.64. The van der Waals surface area contributed by atoms with Crippen molar-refractivity contribution in [3.63, 3.8) is 0 Å². The number of benzene rings is 1. The molecule has 3 nitrogen and oxygen atoms in total. The van der Waals surface area contributed by atoms with Crippen LogP contribution in [0.4, 0.5) is 0 Å². The first-order chi connectivity index (χ1) is 7.61. The Balaban J connectivity index is 2.96. The predicted octanol–water partition coefficient (Wildman–Crippen LogP) is 3.15. The molecule has 0 saturated carbocycles. The number of hydrogen-bond acceptors (Lipinski definition) is 3. The van der Waals surface area contributed by atoms with Gasteiger partial charge in [0.2, 0.25) is 0 Å². The Kier molecular flexibility index (Phi) is 4.47. The molecule has 0 saturated heterocycles. The Bertz CT molecular complexity index is 359. The van der Waals surface area contributed by atoms with Crippen molar-refractivity contribution < 1.29 is 14.9 Å². The summed E-state index contributed by atoms with van der Waals surface area (Å²) < 4.78 is 5.07. The zero-order valence-electron chi connectivity index (χ0n) is 10.2. The van der Waals surface area contributed by atoms with E-state index in [2.05, 4.69) is 6.92 Å². The number of aromatic hydroxyl groups is 2. The van der Waals surface area contributed by atoms with E-state index in [9.17, 15) is 10.2 Å². The highest BCUT2D eigenvalue weighted by molar-refractivity contribution is 5.55. The number of rotatable bonds is 5. The van der Waals surface area contributed by atoms with Gasteiger partial charge in [-0.25, -0.2) is 0 Å². The smallest absolute Gasteiger partial charge is 0.129 e. The summed E-state index contributed by atoms with van der Waals surface area (Å²) in [5.74, 6) is 0.804. The molecule has 0 radical (unpaired) electrons. The van der Waals surface area contributed by atoms with Gasteiger partial charge in [0.1, 0.15) is 17.2 Å². The highest BCUT2D eigenvalue weighted by Gasteiger charge is 2.14. The maximum absolute atomic E-state index is 9.95. The lowest BCUT2D eigenvalue weighted by atomic mass is 10.0. The third-order valence-corrected chi connectivity index (χ3v) is 2.84. The van der Waals surface area contributed by atoms with Crippen LogP contribution in [0.1, 0.15) is 37.3 Å². The van der Waals surface area contributed by atoms with Crippen LogP contribution in [0, 0.1) is 6.92 Å². The minimum atomic E-state index is 0.121. The van der Waals surface area contributed by atoms with Gasteiger partial charge in [0.15, 0.2) is 0 Å². The van der Waals surface area contributed by atoms with Crippen LogP contribution in [0.25, 0.3) is 0 Å². The van der Waals surface area contributed by atoms with E-state index in [0.717, 1.165) is 19.3 Å². The van der Waals surface area contributed by atoms with Gasteiger partial charge in [-0.3, -0.25) is 0 Å². The number of hydrogen-bond donors (Lipinski definition) is 2. The number of phenolic OH excluding ortho intramolecular Hbond substituents is 2. The molecule has 3 heteroatoms. The highest BCUT2D eigenvalue weighted by atomic mass is 16.5. The summed E-state index contributed by atoms with van der Waals surface area (Å²) in [5.41, 5.74) is 1.32. The lowest BCUT2D eigenvalue weighted by Crippen LogP contribution is -1.94. The van der Waals surface area contributed by atoms with E-state index in [4.69, 9.17) is 4.74 Å². The van der Waals surface area contributed by atoms with Gasteiger partial charge in [0.25, 0.3) is 0 Å². The third kappa shape index (κ3) is 2.60. The Morgan fingerprint density at radius 1 is 1.25 bits per heavy atom. The van der Waals surface area contributed by atoms with Gasteiger partial charge >= 0.3 is 0 Å². The molecule has 0 atom stereocenters. The molecule has 0 aliphatic carbocycles. The monoisotopic (exact) mass is 224 g/mol. The molecule has 0 unspecified atom stereocenters. The van der Waals surface area contributed by atoms with E-state index in [1.54, 1.807) is 13.0 Å². The van der Waals surface area contributed by atoms with Gasteiger partial charge in [-0.2, -0.15) is 0 Å². The van der Waals surface area contributed by atoms with Crippen LogP contribution < -0.4 is 4.74 Å². The summed E-state index contributed by atoms with van der Waals surface area (Å²) >= 11 is 0. The number of unbranched alkanes of at least 4 members (excludes halogenated alkanes) is 2. The second-order valence-corrected chi connectivity index (χ2v) is 4.01. The summed E-state index contributed by atoms with van der Waals surface area (Å²) in [6, 6.07) is 1.57. The SMILES string of the molecule is CCCCCc1c(O)cc(OC)c(C)c1O. The lowest BCUT2D eigenvalue weighted by Gasteiger charge is -2.13. The second-order valence-electron chi connectivity index (χ2n) is 4.01. The van der Waals surface area contributed by atoms with E-state index < -0.39 is 0 Å². The Labute approximate surface area is 96.7 Å². The Hall–Kier alpha value is -1.38. The fraction of sp³-hybridized carbons (Fsp3) is 0.538. The number of ether oxygens (including phenoxy) is 1. The first-order valence-electron chi connectivity index (χ1n) is 5.70. The van der Waals surface area contributed by atoms with Gasteiger partial charge in [-0.05, 0) is 19.8 Å². The molecule has 0 aromatic heterocycles. The van der Waals surface area contributed by atoms with E-state index in [1.807, 2.05) is 0 Å². The van der Waals surface area contributed by atoms with Crippen LogP contribution in [-0.2, 0) is 6.42 Å². The van der Waals surface area contributed by atoms with Crippen molar-refractivity contribution in [1.82, 2.24) is 0 Å². The quantitative estimate of drug-likeness (QED) is 0.755. The van der Waals surface area contributed by atoms with Gasteiger partial charge in [0, 0.05) is 17.2 Å². The molecule has 0 spiro atoms.